The fourth-order valence-corrected chi connectivity index (χ4v) is 3.25. The second kappa shape index (κ2) is 9.33. The maximum atomic E-state index is 12.8. The first-order valence-electron chi connectivity index (χ1n) is 10.2. The average molecular weight is 485 g/mol. The summed E-state index contributed by atoms with van der Waals surface area (Å²) in [6, 6.07) is 11.9. The van der Waals surface area contributed by atoms with Crippen LogP contribution in [0.4, 0.5) is 24.5 Å². The van der Waals surface area contributed by atoms with Crippen LogP contribution in [0.25, 0.3) is 5.65 Å². The Kier molecular flexibility index (Phi) is 6.28. The van der Waals surface area contributed by atoms with Gasteiger partial charge in [-0.15, -0.1) is 0 Å². The number of aryl methyl sites for hydroxylation is 1. The summed E-state index contributed by atoms with van der Waals surface area (Å²) in [5, 5.41) is 11.1. The van der Waals surface area contributed by atoms with E-state index in [0.29, 0.717) is 17.9 Å². The Bertz CT molecular complexity index is 1400. The number of nitro benzene ring substituents is 1. The zero-order chi connectivity index (χ0) is 25.2. The lowest BCUT2D eigenvalue weighted by Crippen LogP contribution is -2.29. The second-order valence-corrected chi connectivity index (χ2v) is 7.58. The van der Waals surface area contributed by atoms with Gasteiger partial charge in [0.25, 0.3) is 11.6 Å². The minimum Gasteiger partial charge on any atom is -0.487 e. The first kappa shape index (κ1) is 23.5. The van der Waals surface area contributed by atoms with Gasteiger partial charge in [0.15, 0.2) is 0 Å². The van der Waals surface area contributed by atoms with Crippen LogP contribution in [-0.2, 0) is 12.8 Å². The predicted molar refractivity (Wildman–Crippen MR) is 120 cm³/mol. The summed E-state index contributed by atoms with van der Waals surface area (Å²) in [4.78, 5) is 27.0. The van der Waals surface area contributed by atoms with Crippen LogP contribution in [0.1, 0.15) is 27.2 Å². The molecule has 35 heavy (non-hydrogen) atoms. The van der Waals surface area contributed by atoms with Gasteiger partial charge < -0.3 is 9.14 Å². The Hall–Kier alpha value is -4.61. The molecule has 2 aromatic heterocycles. The molecule has 2 heterocycles. The van der Waals surface area contributed by atoms with Crippen LogP contribution >= 0.6 is 0 Å². The largest absolute Gasteiger partial charge is 0.487 e. The predicted octanol–water partition coefficient (Wildman–Crippen LogP) is 4.91. The number of nitro groups is 1. The molecule has 0 aliphatic rings. The Labute approximate surface area is 196 Å². The molecule has 12 heteroatoms. The summed E-state index contributed by atoms with van der Waals surface area (Å²) >= 11 is 0. The number of amides is 1. The van der Waals surface area contributed by atoms with E-state index in [9.17, 15) is 28.1 Å². The van der Waals surface area contributed by atoms with Crippen molar-refractivity contribution in [1.29, 1.82) is 0 Å². The number of carbonyl (C=O) groups is 1. The molecule has 0 unspecified atom stereocenters. The third-order valence-corrected chi connectivity index (χ3v) is 4.98. The lowest BCUT2D eigenvalue weighted by molar-refractivity contribution is -0.384. The number of fused-ring (bicyclic) bond motifs is 1. The first-order chi connectivity index (χ1) is 16.6. The summed E-state index contributed by atoms with van der Waals surface area (Å²) in [5.74, 6) is -0.164. The van der Waals surface area contributed by atoms with Gasteiger partial charge in [-0.05, 0) is 55.0 Å². The van der Waals surface area contributed by atoms with Crippen LogP contribution in [0.2, 0.25) is 0 Å². The van der Waals surface area contributed by atoms with E-state index in [1.54, 1.807) is 12.1 Å². The number of benzene rings is 2. The fourth-order valence-electron chi connectivity index (χ4n) is 3.25. The number of hydrogen-bond acceptors (Lipinski definition) is 6. The van der Waals surface area contributed by atoms with Crippen molar-refractivity contribution in [1.82, 2.24) is 14.8 Å². The summed E-state index contributed by atoms with van der Waals surface area (Å²) in [6.07, 6.45) is -0.927. The normalized spacial score (nSPS) is 11.3. The van der Waals surface area contributed by atoms with Crippen LogP contribution in [0.5, 0.6) is 5.75 Å². The van der Waals surface area contributed by atoms with E-state index in [4.69, 9.17) is 4.74 Å². The van der Waals surface area contributed by atoms with Crippen LogP contribution < -0.4 is 15.6 Å². The molecule has 0 bridgehead atoms. The first-order valence-corrected chi connectivity index (χ1v) is 10.2. The van der Waals surface area contributed by atoms with Crippen molar-refractivity contribution in [2.24, 2.45) is 0 Å². The van der Waals surface area contributed by atoms with Crippen molar-refractivity contribution in [3.63, 3.8) is 0 Å². The minimum atomic E-state index is -4.74. The van der Waals surface area contributed by atoms with Gasteiger partial charge in [-0.25, -0.2) is 4.98 Å². The van der Waals surface area contributed by atoms with Gasteiger partial charge in [-0.3, -0.25) is 25.8 Å². The highest BCUT2D eigenvalue weighted by Crippen LogP contribution is 2.34. The van der Waals surface area contributed by atoms with Crippen molar-refractivity contribution in [2.45, 2.75) is 19.7 Å². The lowest BCUT2D eigenvalue weighted by atomic mass is 10.1. The van der Waals surface area contributed by atoms with E-state index >= 15 is 0 Å². The van der Waals surface area contributed by atoms with Crippen molar-refractivity contribution < 1.29 is 27.6 Å². The number of nitrogens with one attached hydrogen (secondary N) is 2. The van der Waals surface area contributed by atoms with Crippen LogP contribution in [0, 0.1) is 17.0 Å². The Morgan fingerprint density at radius 3 is 2.54 bits per heavy atom. The number of anilines is 1. The summed E-state index contributed by atoms with van der Waals surface area (Å²) in [6.45, 7) is 2.19. The molecule has 0 radical (unpaired) electrons. The number of nitrogens with zero attached hydrogens (tertiary/aromatic N) is 3. The zero-order valence-corrected chi connectivity index (χ0v) is 18.2. The smallest absolute Gasteiger partial charge is 0.416 e. The Morgan fingerprint density at radius 1 is 1.11 bits per heavy atom. The number of imidazole rings is 1. The number of halogens is 3. The maximum absolute atomic E-state index is 12.8. The number of carbonyl (C=O) groups excluding carboxylic acids is 1. The van der Waals surface area contributed by atoms with Crippen LogP contribution in [0.15, 0.2) is 67.0 Å². The number of ether oxygens (including phenoxy) is 1. The second-order valence-electron chi connectivity index (χ2n) is 7.58. The molecule has 0 aliphatic heterocycles. The Balaban J connectivity index is 1.37. The van der Waals surface area contributed by atoms with Crippen molar-refractivity contribution in [2.75, 3.05) is 5.43 Å². The van der Waals surface area contributed by atoms with Gasteiger partial charge >= 0.3 is 6.18 Å². The van der Waals surface area contributed by atoms with Gasteiger partial charge in [0.2, 0.25) is 0 Å². The highest BCUT2D eigenvalue weighted by molar-refractivity contribution is 5.95. The van der Waals surface area contributed by atoms with E-state index in [2.05, 4.69) is 15.8 Å². The molecule has 2 aromatic carbocycles. The molecule has 1 amide bonds. The number of rotatable bonds is 7. The molecular weight excluding hydrogens is 467 g/mol. The molecule has 0 fully saturated rings. The number of hydrazine groups is 1. The van der Waals surface area contributed by atoms with Crippen molar-refractivity contribution in [3.8, 4) is 5.75 Å². The van der Waals surface area contributed by atoms with E-state index < -0.39 is 28.3 Å². The highest BCUT2D eigenvalue weighted by atomic mass is 19.4. The molecule has 9 nitrogen and oxygen atoms in total. The highest BCUT2D eigenvalue weighted by Gasteiger charge is 2.33. The molecular formula is C23H18F3N5O4. The molecule has 0 aliphatic carbocycles. The standard InChI is InChI=1S/C23H18F3N5O4/c1-14-2-9-21-27-17(12-30(21)11-14)13-35-18-6-3-15(4-7-18)22(32)29-28-19-8-5-16(23(24,25)26)10-20(19)31(33)34/h2-12,28H,13H2,1H3,(H,29,32). The van der Waals surface area contributed by atoms with E-state index in [1.165, 1.54) is 12.1 Å². The maximum Gasteiger partial charge on any atom is 0.416 e. The van der Waals surface area contributed by atoms with Crippen LogP contribution in [0.3, 0.4) is 0 Å². The fraction of sp³-hybridized carbons (Fsp3) is 0.130. The summed E-state index contributed by atoms with van der Waals surface area (Å²) < 4.78 is 46.1. The molecule has 0 atom stereocenters. The molecule has 0 saturated heterocycles. The molecule has 0 spiro atoms. The minimum absolute atomic E-state index is 0.197. The van der Waals surface area contributed by atoms with Gasteiger partial charge in [-0.1, -0.05) is 6.07 Å². The van der Waals surface area contributed by atoms with Gasteiger partial charge in [0, 0.05) is 24.0 Å². The lowest BCUT2D eigenvalue weighted by Gasteiger charge is -2.12. The monoisotopic (exact) mass is 485 g/mol. The van der Waals surface area contributed by atoms with Gasteiger partial charge in [0.05, 0.1) is 16.2 Å². The zero-order valence-electron chi connectivity index (χ0n) is 18.2. The van der Waals surface area contributed by atoms with E-state index in [1.807, 2.05) is 35.9 Å². The van der Waals surface area contributed by atoms with Crippen LogP contribution in [-0.4, -0.2) is 20.2 Å². The quantitative estimate of drug-likeness (QED) is 0.284. The van der Waals surface area contributed by atoms with Gasteiger partial charge in [0.1, 0.15) is 23.7 Å². The third kappa shape index (κ3) is 5.49. The summed E-state index contributed by atoms with van der Waals surface area (Å²) in [7, 11) is 0. The summed E-state index contributed by atoms with van der Waals surface area (Å²) in [5.41, 5.74) is 5.05. The van der Waals surface area contributed by atoms with Crippen molar-refractivity contribution >= 4 is 22.9 Å². The number of alkyl halides is 3. The molecule has 180 valence electrons. The topological polar surface area (TPSA) is 111 Å². The van der Waals surface area contributed by atoms with Crippen molar-refractivity contribution in [3.05, 3.63) is 99.5 Å². The van der Waals surface area contributed by atoms with Gasteiger partial charge in [-0.2, -0.15) is 13.2 Å². The molecule has 4 aromatic rings. The third-order valence-electron chi connectivity index (χ3n) is 4.98. The SMILES string of the molecule is Cc1ccc2nc(COc3ccc(C(=O)NNc4ccc(C(F)(F)F)cc4[N+](=O)[O-])cc3)cn2c1. The number of pyridine rings is 1. The molecule has 4 rings (SSSR count). The van der Waals surface area contributed by atoms with E-state index in [-0.39, 0.29) is 17.9 Å². The van der Waals surface area contributed by atoms with E-state index in [0.717, 1.165) is 23.0 Å². The average Bonchev–Trinajstić information content (AvgIpc) is 3.22. The molecule has 2 N–H and O–H groups in total. The Morgan fingerprint density at radius 2 is 1.86 bits per heavy atom. The number of hydrogen-bond donors (Lipinski definition) is 2. The number of aromatic nitrogens is 2. The molecule has 0 saturated carbocycles.